The topological polar surface area (TPSA) is 12.0 Å². The molecule has 1 atom stereocenters. The summed E-state index contributed by atoms with van der Waals surface area (Å²) in [5, 5.41) is 1.67. The molecule has 0 aromatic heterocycles. The minimum Gasteiger partial charge on any atom is -0.351 e. The van der Waals surface area contributed by atoms with Gasteiger partial charge in [0.25, 0.3) is 0 Å². The normalized spacial score (nSPS) is 14.0. The van der Waals surface area contributed by atoms with Gasteiger partial charge in [-0.15, -0.1) is 0 Å². The van der Waals surface area contributed by atoms with Gasteiger partial charge in [-0.25, -0.2) is 13.2 Å². The van der Waals surface area contributed by atoms with Gasteiger partial charge < -0.3 is 5.32 Å². The van der Waals surface area contributed by atoms with Gasteiger partial charge in [0.1, 0.15) is 0 Å². The fraction of sp³-hybridized carbons (Fsp3) is 0.333. The van der Waals surface area contributed by atoms with E-state index in [0.29, 0.717) is 0 Å². The van der Waals surface area contributed by atoms with Crippen LogP contribution in [-0.2, 0) is 0 Å². The molecule has 1 aromatic carbocycles. The van der Waals surface area contributed by atoms with E-state index in [4.69, 9.17) is 0 Å². The van der Waals surface area contributed by atoms with E-state index in [9.17, 15) is 22.0 Å². The number of hydrogen-bond acceptors (Lipinski definition) is 1. The molecule has 1 rings (SSSR count). The Kier molecular flexibility index (Phi) is 3.49. The summed E-state index contributed by atoms with van der Waals surface area (Å²) < 4.78 is 61.1. The summed E-state index contributed by atoms with van der Waals surface area (Å²) in [6.07, 6.45) is -7.15. The Bertz CT molecular complexity index is 301. The average molecular weight is 225 g/mol. The van der Waals surface area contributed by atoms with Crippen molar-refractivity contribution in [3.8, 4) is 0 Å². The predicted molar refractivity (Wildman–Crippen MR) is 45.9 cm³/mol. The van der Waals surface area contributed by atoms with Crippen LogP contribution < -0.4 is 5.32 Å². The lowest BCUT2D eigenvalue weighted by atomic mass is 10.2. The molecule has 0 aliphatic carbocycles. The molecule has 0 bridgehead atoms. The van der Waals surface area contributed by atoms with Crippen LogP contribution in [0.3, 0.4) is 0 Å². The van der Waals surface area contributed by atoms with Crippen LogP contribution >= 0.6 is 0 Å². The molecule has 0 saturated carbocycles. The Morgan fingerprint density at radius 1 is 1.00 bits per heavy atom. The maximum atomic E-state index is 12.8. The van der Waals surface area contributed by atoms with E-state index in [2.05, 4.69) is 0 Å². The lowest BCUT2D eigenvalue weighted by Crippen LogP contribution is -2.42. The van der Waals surface area contributed by atoms with Crippen molar-refractivity contribution in [2.45, 2.75) is 18.6 Å². The standard InChI is InChI=1S/C9H8F5N/c10-7(11)9(13,14)8(12)15-6-4-2-1-3-5-6/h1-5,7-8,15H. The first kappa shape index (κ1) is 11.7. The molecule has 6 heteroatoms. The molecule has 0 spiro atoms. The van der Waals surface area contributed by atoms with Crippen LogP contribution in [0.15, 0.2) is 30.3 Å². The van der Waals surface area contributed by atoms with E-state index in [1.807, 2.05) is 0 Å². The third-order valence-electron chi connectivity index (χ3n) is 1.70. The number of rotatable bonds is 4. The molecule has 1 unspecified atom stereocenters. The summed E-state index contributed by atoms with van der Waals surface area (Å²) in [5.74, 6) is -4.70. The molecule has 84 valence electrons. The third-order valence-corrected chi connectivity index (χ3v) is 1.70. The molecule has 0 heterocycles. The lowest BCUT2D eigenvalue weighted by molar-refractivity contribution is -0.163. The zero-order valence-electron chi connectivity index (χ0n) is 7.43. The summed E-state index contributed by atoms with van der Waals surface area (Å²) in [7, 11) is 0. The summed E-state index contributed by atoms with van der Waals surface area (Å²) in [6.45, 7) is 0. The number of nitrogens with one attached hydrogen (secondary N) is 1. The van der Waals surface area contributed by atoms with Crippen LogP contribution in [-0.4, -0.2) is 18.6 Å². The van der Waals surface area contributed by atoms with Gasteiger partial charge in [-0.1, -0.05) is 18.2 Å². The third kappa shape index (κ3) is 2.81. The summed E-state index contributed by atoms with van der Waals surface area (Å²) in [5.41, 5.74) is 0.0188. The lowest BCUT2D eigenvalue weighted by Gasteiger charge is -2.21. The van der Waals surface area contributed by atoms with Crippen molar-refractivity contribution in [1.82, 2.24) is 0 Å². The van der Waals surface area contributed by atoms with E-state index in [1.54, 1.807) is 11.4 Å². The van der Waals surface area contributed by atoms with Gasteiger partial charge in [0, 0.05) is 5.69 Å². The van der Waals surface area contributed by atoms with Crippen LogP contribution in [0.4, 0.5) is 27.6 Å². The largest absolute Gasteiger partial charge is 0.355 e. The van der Waals surface area contributed by atoms with Crippen LogP contribution in [0, 0.1) is 0 Å². The van der Waals surface area contributed by atoms with Crippen molar-refractivity contribution in [3.63, 3.8) is 0 Å². The minimum atomic E-state index is -4.70. The van der Waals surface area contributed by atoms with Gasteiger partial charge in [0.15, 0.2) is 0 Å². The molecule has 0 radical (unpaired) electrons. The summed E-state index contributed by atoms with van der Waals surface area (Å²) >= 11 is 0. The second-order valence-electron chi connectivity index (χ2n) is 2.85. The van der Waals surface area contributed by atoms with Crippen LogP contribution in [0.2, 0.25) is 0 Å². The first-order valence-corrected chi connectivity index (χ1v) is 4.06. The molecule has 0 fully saturated rings. The van der Waals surface area contributed by atoms with E-state index in [-0.39, 0.29) is 5.69 Å². The van der Waals surface area contributed by atoms with Gasteiger partial charge in [-0.3, -0.25) is 0 Å². The second-order valence-corrected chi connectivity index (χ2v) is 2.85. The fourth-order valence-corrected chi connectivity index (χ4v) is 0.888. The monoisotopic (exact) mass is 225 g/mol. The van der Waals surface area contributed by atoms with E-state index >= 15 is 0 Å². The molecule has 1 N–H and O–H groups in total. The zero-order chi connectivity index (χ0) is 11.5. The molecule has 1 aromatic rings. The highest BCUT2D eigenvalue weighted by Crippen LogP contribution is 2.29. The maximum Gasteiger partial charge on any atom is 0.355 e. The minimum absolute atomic E-state index is 0.0188. The SMILES string of the molecule is FC(F)C(F)(F)C(F)Nc1ccccc1. The Morgan fingerprint density at radius 3 is 2.00 bits per heavy atom. The Labute approximate surface area is 82.9 Å². The van der Waals surface area contributed by atoms with Crippen molar-refractivity contribution < 1.29 is 22.0 Å². The Hall–Kier alpha value is -1.33. The van der Waals surface area contributed by atoms with Gasteiger partial charge in [-0.05, 0) is 12.1 Å². The van der Waals surface area contributed by atoms with E-state index in [0.717, 1.165) is 0 Å². The van der Waals surface area contributed by atoms with Crippen LogP contribution in [0.1, 0.15) is 0 Å². The molecular formula is C9H8F5N. The highest BCUT2D eigenvalue weighted by Gasteiger charge is 2.49. The van der Waals surface area contributed by atoms with Crippen molar-refractivity contribution >= 4 is 5.69 Å². The van der Waals surface area contributed by atoms with Crippen molar-refractivity contribution in [2.24, 2.45) is 0 Å². The maximum absolute atomic E-state index is 12.8. The molecule has 0 amide bonds. The molecule has 0 aliphatic rings. The van der Waals surface area contributed by atoms with Crippen LogP contribution in [0.25, 0.3) is 0 Å². The molecule has 0 saturated heterocycles. The number of para-hydroxylation sites is 1. The number of halogens is 5. The second kappa shape index (κ2) is 4.46. The molecular weight excluding hydrogens is 217 g/mol. The van der Waals surface area contributed by atoms with Gasteiger partial charge in [0.05, 0.1) is 0 Å². The number of alkyl halides is 5. The molecule has 1 nitrogen and oxygen atoms in total. The number of anilines is 1. The van der Waals surface area contributed by atoms with Gasteiger partial charge in [-0.2, -0.15) is 8.78 Å². The van der Waals surface area contributed by atoms with E-state index < -0.39 is 18.6 Å². The zero-order valence-corrected chi connectivity index (χ0v) is 7.43. The van der Waals surface area contributed by atoms with Crippen molar-refractivity contribution in [2.75, 3.05) is 5.32 Å². The molecule has 0 aliphatic heterocycles. The molecule has 15 heavy (non-hydrogen) atoms. The number of benzene rings is 1. The Balaban J connectivity index is 2.67. The van der Waals surface area contributed by atoms with Gasteiger partial charge >= 0.3 is 12.3 Å². The van der Waals surface area contributed by atoms with Gasteiger partial charge in [0.2, 0.25) is 6.30 Å². The van der Waals surface area contributed by atoms with Crippen LogP contribution in [0.5, 0.6) is 0 Å². The van der Waals surface area contributed by atoms with Crippen molar-refractivity contribution in [1.29, 1.82) is 0 Å². The Morgan fingerprint density at radius 2 is 1.53 bits per heavy atom. The smallest absolute Gasteiger partial charge is 0.351 e. The highest BCUT2D eigenvalue weighted by atomic mass is 19.3. The predicted octanol–water partition coefficient (Wildman–Crippen LogP) is 3.29. The van der Waals surface area contributed by atoms with Crippen molar-refractivity contribution in [3.05, 3.63) is 30.3 Å². The van der Waals surface area contributed by atoms with E-state index in [1.165, 1.54) is 24.3 Å². The number of hydrogen-bond donors (Lipinski definition) is 1. The first-order valence-electron chi connectivity index (χ1n) is 4.06. The highest BCUT2D eigenvalue weighted by molar-refractivity contribution is 5.43. The fourth-order valence-electron chi connectivity index (χ4n) is 0.888. The first-order chi connectivity index (χ1) is 6.94. The quantitative estimate of drug-likeness (QED) is 0.612. The summed E-state index contributed by atoms with van der Waals surface area (Å²) in [6, 6.07) is 7.12. The average Bonchev–Trinajstić information content (AvgIpc) is 2.18. The summed E-state index contributed by atoms with van der Waals surface area (Å²) in [4.78, 5) is 0.